The van der Waals surface area contributed by atoms with E-state index in [4.69, 9.17) is 0 Å². The number of carbonyl (C=O) groups excluding carboxylic acids is 1. The van der Waals surface area contributed by atoms with E-state index in [1.54, 1.807) is 4.68 Å². The average Bonchev–Trinajstić information content (AvgIpc) is 2.67. The summed E-state index contributed by atoms with van der Waals surface area (Å²) in [6, 6.07) is 0. The minimum Gasteiger partial charge on any atom is -0.299 e. The van der Waals surface area contributed by atoms with E-state index in [0.29, 0.717) is 5.78 Å². The molecule has 2 atom stereocenters. The highest BCUT2D eigenvalue weighted by atomic mass is 16.1. The van der Waals surface area contributed by atoms with Crippen LogP contribution in [0.25, 0.3) is 0 Å². The second-order valence-corrected chi connectivity index (χ2v) is 4.94. The molecule has 3 heteroatoms. The predicted molar refractivity (Wildman–Crippen MR) is 63.0 cm³/mol. The molecule has 2 unspecified atom stereocenters. The molecule has 1 saturated carbocycles. The van der Waals surface area contributed by atoms with Crippen molar-refractivity contribution in [2.75, 3.05) is 0 Å². The Balaban J connectivity index is 1.99. The Morgan fingerprint density at radius 2 is 2.38 bits per heavy atom. The summed E-state index contributed by atoms with van der Waals surface area (Å²) >= 11 is 0. The van der Waals surface area contributed by atoms with Gasteiger partial charge in [-0.25, -0.2) is 0 Å². The molecule has 16 heavy (non-hydrogen) atoms. The Morgan fingerprint density at radius 1 is 1.56 bits per heavy atom. The maximum atomic E-state index is 11.8. The van der Waals surface area contributed by atoms with Crippen molar-refractivity contribution in [3.05, 3.63) is 18.0 Å². The lowest BCUT2D eigenvalue weighted by Gasteiger charge is -2.26. The molecule has 0 spiro atoms. The molecule has 1 heterocycles. The first kappa shape index (κ1) is 11.4. The van der Waals surface area contributed by atoms with Gasteiger partial charge in [-0.3, -0.25) is 9.48 Å². The number of hydrogen-bond acceptors (Lipinski definition) is 2. The van der Waals surface area contributed by atoms with Gasteiger partial charge in [0, 0.05) is 25.6 Å². The van der Waals surface area contributed by atoms with Gasteiger partial charge in [0.1, 0.15) is 5.78 Å². The number of rotatable bonds is 3. The molecule has 0 aromatic carbocycles. The third-order valence-corrected chi connectivity index (χ3v) is 3.69. The van der Waals surface area contributed by atoms with E-state index in [-0.39, 0.29) is 5.92 Å². The van der Waals surface area contributed by atoms with E-state index in [1.807, 2.05) is 19.4 Å². The fourth-order valence-corrected chi connectivity index (χ4v) is 2.63. The second-order valence-electron chi connectivity index (χ2n) is 4.94. The van der Waals surface area contributed by atoms with Crippen molar-refractivity contribution >= 4 is 5.78 Å². The summed E-state index contributed by atoms with van der Waals surface area (Å²) < 4.78 is 1.81. The molecule has 1 aromatic heterocycles. The number of hydrogen-bond donors (Lipinski definition) is 0. The monoisotopic (exact) mass is 220 g/mol. The maximum Gasteiger partial charge on any atom is 0.136 e. The van der Waals surface area contributed by atoms with Crippen LogP contribution in [0.5, 0.6) is 0 Å². The van der Waals surface area contributed by atoms with Gasteiger partial charge in [-0.2, -0.15) is 5.10 Å². The Morgan fingerprint density at radius 3 is 3.00 bits per heavy atom. The summed E-state index contributed by atoms with van der Waals surface area (Å²) in [6.07, 6.45) is 8.93. The normalized spacial score (nSPS) is 26.0. The Kier molecular flexibility index (Phi) is 3.42. The molecule has 0 N–H and O–H groups in total. The first-order valence-electron chi connectivity index (χ1n) is 6.19. The molecule has 3 nitrogen and oxygen atoms in total. The topological polar surface area (TPSA) is 34.9 Å². The average molecular weight is 220 g/mol. The van der Waals surface area contributed by atoms with E-state index in [1.165, 1.54) is 12.0 Å². The van der Waals surface area contributed by atoms with Gasteiger partial charge in [-0.1, -0.05) is 13.3 Å². The van der Waals surface area contributed by atoms with E-state index in [2.05, 4.69) is 12.0 Å². The van der Waals surface area contributed by atoms with Gasteiger partial charge >= 0.3 is 0 Å². The van der Waals surface area contributed by atoms with Crippen LogP contribution in [-0.4, -0.2) is 15.6 Å². The quantitative estimate of drug-likeness (QED) is 0.783. The minimum atomic E-state index is 0.239. The molecule has 0 bridgehead atoms. The Labute approximate surface area is 96.8 Å². The standard InChI is InChI=1S/C13H20N2O/c1-3-10-4-5-13(16)12(6-10)7-11-8-14-15(2)9-11/h8-10,12H,3-7H2,1-2H3. The van der Waals surface area contributed by atoms with Crippen molar-refractivity contribution in [3.63, 3.8) is 0 Å². The third kappa shape index (κ3) is 2.52. The van der Waals surface area contributed by atoms with Crippen LogP contribution in [0.15, 0.2) is 12.4 Å². The largest absolute Gasteiger partial charge is 0.299 e. The third-order valence-electron chi connectivity index (χ3n) is 3.69. The first-order chi connectivity index (χ1) is 7.69. The van der Waals surface area contributed by atoms with Gasteiger partial charge in [0.15, 0.2) is 0 Å². The summed E-state index contributed by atoms with van der Waals surface area (Å²) in [6.45, 7) is 2.22. The molecule has 1 fully saturated rings. The summed E-state index contributed by atoms with van der Waals surface area (Å²) in [7, 11) is 1.92. The molecule has 0 saturated heterocycles. The van der Waals surface area contributed by atoms with Gasteiger partial charge in [-0.05, 0) is 30.7 Å². The number of nitrogens with zero attached hydrogens (tertiary/aromatic N) is 2. The smallest absolute Gasteiger partial charge is 0.136 e. The maximum absolute atomic E-state index is 11.8. The van der Waals surface area contributed by atoms with Gasteiger partial charge < -0.3 is 0 Å². The summed E-state index contributed by atoms with van der Waals surface area (Å²) in [4.78, 5) is 11.8. The van der Waals surface area contributed by atoms with Crippen LogP contribution in [0.2, 0.25) is 0 Å². The SMILES string of the molecule is CCC1CCC(=O)C(Cc2cnn(C)c2)C1. The zero-order valence-corrected chi connectivity index (χ0v) is 10.1. The number of Topliss-reactive ketones (excluding diaryl/α,β-unsaturated/α-hetero) is 1. The van der Waals surface area contributed by atoms with Crippen LogP contribution in [0, 0.1) is 11.8 Å². The van der Waals surface area contributed by atoms with Gasteiger partial charge in [0.2, 0.25) is 0 Å². The van der Waals surface area contributed by atoms with E-state index in [0.717, 1.165) is 31.6 Å². The lowest BCUT2D eigenvalue weighted by Crippen LogP contribution is -2.26. The molecule has 0 aliphatic heterocycles. The molecule has 0 amide bonds. The Bertz CT molecular complexity index is 370. The molecular weight excluding hydrogens is 200 g/mol. The lowest BCUT2D eigenvalue weighted by atomic mass is 9.77. The van der Waals surface area contributed by atoms with E-state index in [9.17, 15) is 4.79 Å². The van der Waals surface area contributed by atoms with Crippen LogP contribution in [0.3, 0.4) is 0 Å². The second kappa shape index (κ2) is 4.81. The molecule has 0 radical (unpaired) electrons. The van der Waals surface area contributed by atoms with Crippen molar-refractivity contribution in [3.8, 4) is 0 Å². The number of ketones is 1. The van der Waals surface area contributed by atoms with E-state index < -0.39 is 0 Å². The zero-order valence-electron chi connectivity index (χ0n) is 10.1. The minimum absolute atomic E-state index is 0.239. The number of aromatic nitrogens is 2. The highest BCUT2D eigenvalue weighted by Crippen LogP contribution is 2.30. The molecular formula is C13H20N2O. The molecule has 88 valence electrons. The highest BCUT2D eigenvalue weighted by Gasteiger charge is 2.27. The fourth-order valence-electron chi connectivity index (χ4n) is 2.63. The molecule has 1 aliphatic carbocycles. The number of aryl methyl sites for hydroxylation is 1. The van der Waals surface area contributed by atoms with E-state index >= 15 is 0 Å². The molecule has 1 aromatic rings. The van der Waals surface area contributed by atoms with Crippen LogP contribution in [0.1, 0.15) is 38.2 Å². The predicted octanol–water partition coefficient (Wildman–Crippen LogP) is 2.36. The van der Waals surface area contributed by atoms with Gasteiger partial charge in [0.05, 0.1) is 6.20 Å². The number of carbonyl (C=O) groups is 1. The van der Waals surface area contributed by atoms with Crippen molar-refractivity contribution in [1.82, 2.24) is 9.78 Å². The van der Waals surface area contributed by atoms with Crippen LogP contribution in [-0.2, 0) is 18.3 Å². The summed E-state index contributed by atoms with van der Waals surface area (Å²) in [5, 5.41) is 4.15. The lowest BCUT2D eigenvalue weighted by molar-refractivity contribution is -0.125. The van der Waals surface area contributed by atoms with Crippen molar-refractivity contribution in [2.45, 2.75) is 39.0 Å². The Hall–Kier alpha value is -1.12. The molecule has 1 aliphatic rings. The fraction of sp³-hybridized carbons (Fsp3) is 0.692. The van der Waals surface area contributed by atoms with Crippen LogP contribution >= 0.6 is 0 Å². The van der Waals surface area contributed by atoms with Crippen LogP contribution in [0.4, 0.5) is 0 Å². The summed E-state index contributed by atoms with van der Waals surface area (Å²) in [5.74, 6) is 1.44. The van der Waals surface area contributed by atoms with Gasteiger partial charge in [0.25, 0.3) is 0 Å². The van der Waals surface area contributed by atoms with Gasteiger partial charge in [-0.15, -0.1) is 0 Å². The highest BCUT2D eigenvalue weighted by molar-refractivity contribution is 5.82. The van der Waals surface area contributed by atoms with Crippen molar-refractivity contribution in [2.24, 2.45) is 18.9 Å². The zero-order chi connectivity index (χ0) is 11.5. The molecule has 2 rings (SSSR count). The van der Waals surface area contributed by atoms with Crippen LogP contribution < -0.4 is 0 Å². The van der Waals surface area contributed by atoms with Crippen molar-refractivity contribution < 1.29 is 4.79 Å². The van der Waals surface area contributed by atoms with Crippen molar-refractivity contribution in [1.29, 1.82) is 0 Å². The summed E-state index contributed by atoms with van der Waals surface area (Å²) in [5.41, 5.74) is 1.19. The first-order valence-corrected chi connectivity index (χ1v) is 6.19.